The third-order valence-electron chi connectivity index (χ3n) is 5.86. The van der Waals surface area contributed by atoms with Crippen LogP contribution in [0.1, 0.15) is 37.6 Å². The van der Waals surface area contributed by atoms with Gasteiger partial charge in [0.1, 0.15) is 36.1 Å². The number of carbonyl (C=O) groups is 3. The van der Waals surface area contributed by atoms with E-state index >= 15 is 0 Å². The lowest BCUT2D eigenvalue weighted by Gasteiger charge is -2.34. The van der Waals surface area contributed by atoms with Gasteiger partial charge >= 0.3 is 5.97 Å². The molecule has 3 rings (SSSR count). The lowest BCUT2D eigenvalue weighted by atomic mass is 10.0. The van der Waals surface area contributed by atoms with Crippen molar-refractivity contribution in [2.24, 2.45) is 5.92 Å². The maximum Gasteiger partial charge on any atom is 0.325 e. The predicted molar refractivity (Wildman–Crippen MR) is 128 cm³/mol. The Kier molecular flexibility index (Phi) is 8.85. The number of rotatable bonds is 9. The first-order valence-corrected chi connectivity index (χ1v) is 11.7. The Morgan fingerprint density at radius 1 is 1.06 bits per heavy atom. The van der Waals surface area contributed by atoms with Crippen LogP contribution in [0, 0.1) is 5.92 Å². The molecular weight excluding hydrogens is 472 g/mol. The van der Waals surface area contributed by atoms with E-state index in [2.05, 4.69) is 10.6 Å². The first-order valence-electron chi connectivity index (χ1n) is 11.7. The number of ether oxygens (including phenoxy) is 2. The molecule has 1 fully saturated rings. The van der Waals surface area contributed by atoms with Crippen LogP contribution in [0.15, 0.2) is 36.4 Å². The normalized spacial score (nSPS) is 23.6. The van der Waals surface area contributed by atoms with Crippen molar-refractivity contribution in [3.63, 3.8) is 0 Å². The van der Waals surface area contributed by atoms with Crippen molar-refractivity contribution < 1.29 is 44.3 Å². The van der Waals surface area contributed by atoms with Gasteiger partial charge in [-0.3, -0.25) is 14.4 Å². The fourth-order valence-corrected chi connectivity index (χ4v) is 3.86. The largest absolute Gasteiger partial charge is 0.480 e. The Morgan fingerprint density at radius 3 is 2.44 bits per heavy atom. The van der Waals surface area contributed by atoms with Crippen LogP contribution in [0.5, 0.6) is 5.75 Å². The Bertz CT molecular complexity index is 1110. The van der Waals surface area contributed by atoms with Gasteiger partial charge in [0.05, 0.1) is 6.61 Å². The van der Waals surface area contributed by atoms with Crippen molar-refractivity contribution >= 4 is 28.6 Å². The average Bonchev–Trinajstić information content (AvgIpc) is 2.83. The number of amides is 2. The second-order valence-corrected chi connectivity index (χ2v) is 9.28. The van der Waals surface area contributed by atoms with E-state index in [1.54, 1.807) is 36.4 Å². The predicted octanol–water partition coefficient (Wildman–Crippen LogP) is 0.391. The molecule has 0 radical (unpaired) electrons. The Balaban J connectivity index is 1.78. The molecule has 2 amide bonds. The van der Waals surface area contributed by atoms with E-state index in [1.165, 1.54) is 6.92 Å². The molecule has 6 N–H and O–H groups in total. The smallest absolute Gasteiger partial charge is 0.325 e. The molecule has 0 unspecified atom stereocenters. The first kappa shape index (κ1) is 27.3. The van der Waals surface area contributed by atoms with Crippen LogP contribution >= 0.6 is 0 Å². The molecule has 11 nitrogen and oxygen atoms in total. The molecule has 0 aromatic heterocycles. The molecule has 0 bridgehead atoms. The topological polar surface area (TPSA) is 175 Å². The molecule has 196 valence electrons. The number of hydrogen-bond donors (Lipinski definition) is 6. The molecule has 2 aromatic rings. The summed E-state index contributed by atoms with van der Waals surface area (Å²) in [5, 5.41) is 44.9. The van der Waals surface area contributed by atoms with E-state index < -0.39 is 54.5 Å². The Labute approximate surface area is 208 Å². The Morgan fingerprint density at radius 2 is 1.78 bits per heavy atom. The highest BCUT2D eigenvalue weighted by atomic mass is 16.7. The van der Waals surface area contributed by atoms with Crippen LogP contribution in [0.2, 0.25) is 0 Å². The molecule has 1 aliphatic heterocycles. The average molecular weight is 505 g/mol. The standard InChI is InChI=1S/C25H32N2O9/c1-12(2)9-18(23(32)26-13(3)24(33)34)27-22(31)17-6-4-5-14-10-15(7-8-16(14)17)36-25-21(30)20(29)19(28)11-35-25/h4-8,10,12-13,18-21,25,28-30H,9,11H2,1-3H3,(H,26,32)(H,27,31)(H,33,34)/t13-,18-,19+,20-,21+,25-/m0/s1. The molecular formula is C25H32N2O9. The number of nitrogens with one attached hydrogen (secondary N) is 2. The molecule has 0 spiro atoms. The molecule has 1 saturated heterocycles. The van der Waals surface area contributed by atoms with Crippen molar-refractivity contribution in [1.82, 2.24) is 10.6 Å². The maximum atomic E-state index is 13.1. The van der Waals surface area contributed by atoms with Gasteiger partial charge in [0.2, 0.25) is 12.2 Å². The third kappa shape index (κ3) is 6.49. The van der Waals surface area contributed by atoms with E-state index in [0.29, 0.717) is 28.5 Å². The quantitative estimate of drug-likeness (QED) is 0.282. The zero-order valence-electron chi connectivity index (χ0n) is 20.2. The highest BCUT2D eigenvalue weighted by Gasteiger charge is 2.39. The molecule has 36 heavy (non-hydrogen) atoms. The zero-order chi connectivity index (χ0) is 26.6. The fraction of sp³-hybridized carbons (Fsp3) is 0.480. The molecule has 2 aromatic carbocycles. The second-order valence-electron chi connectivity index (χ2n) is 9.28. The van der Waals surface area contributed by atoms with Crippen LogP contribution in [-0.2, 0) is 14.3 Å². The van der Waals surface area contributed by atoms with Crippen molar-refractivity contribution in [3.8, 4) is 5.75 Å². The highest BCUT2D eigenvalue weighted by Crippen LogP contribution is 2.27. The van der Waals surface area contributed by atoms with Crippen molar-refractivity contribution in [1.29, 1.82) is 0 Å². The zero-order valence-corrected chi connectivity index (χ0v) is 20.2. The van der Waals surface area contributed by atoms with E-state index in [1.807, 2.05) is 13.8 Å². The lowest BCUT2D eigenvalue weighted by Crippen LogP contribution is -2.54. The van der Waals surface area contributed by atoms with Gasteiger partial charge in [0.15, 0.2) is 0 Å². The summed E-state index contributed by atoms with van der Waals surface area (Å²) in [6, 6.07) is 7.84. The summed E-state index contributed by atoms with van der Waals surface area (Å²) in [6.07, 6.45) is -4.94. The van der Waals surface area contributed by atoms with Crippen LogP contribution in [-0.4, -0.2) is 81.5 Å². The molecule has 1 aliphatic rings. The number of fused-ring (bicyclic) bond motifs is 1. The van der Waals surface area contributed by atoms with Gasteiger partial charge < -0.3 is 40.5 Å². The number of benzene rings is 2. The number of aliphatic hydroxyl groups excluding tert-OH is 3. The van der Waals surface area contributed by atoms with Gasteiger partial charge in [-0.25, -0.2) is 0 Å². The molecule has 0 saturated carbocycles. The summed E-state index contributed by atoms with van der Waals surface area (Å²) >= 11 is 0. The number of aliphatic hydroxyl groups is 3. The third-order valence-corrected chi connectivity index (χ3v) is 5.86. The Hall–Kier alpha value is -3.25. The maximum absolute atomic E-state index is 13.1. The SMILES string of the molecule is CC(C)C[C@H](NC(=O)c1cccc2cc(O[C@@H]3OC[C@@H](O)[C@H](O)[C@H]3O)ccc12)C(=O)N[C@@H](C)C(=O)O. The fourth-order valence-electron chi connectivity index (χ4n) is 3.86. The summed E-state index contributed by atoms with van der Waals surface area (Å²) < 4.78 is 10.9. The van der Waals surface area contributed by atoms with Gasteiger partial charge in [-0.1, -0.05) is 26.0 Å². The molecule has 11 heteroatoms. The van der Waals surface area contributed by atoms with E-state index in [9.17, 15) is 29.7 Å². The summed E-state index contributed by atoms with van der Waals surface area (Å²) in [7, 11) is 0. The minimum atomic E-state index is -1.45. The summed E-state index contributed by atoms with van der Waals surface area (Å²) in [5.74, 6) is -1.89. The van der Waals surface area contributed by atoms with Crippen molar-refractivity contribution in [3.05, 3.63) is 42.0 Å². The molecule has 1 heterocycles. The number of carboxylic acids is 1. The summed E-state index contributed by atoms with van der Waals surface area (Å²) in [5.41, 5.74) is 0.305. The minimum Gasteiger partial charge on any atom is -0.480 e. The summed E-state index contributed by atoms with van der Waals surface area (Å²) in [4.78, 5) is 36.9. The van der Waals surface area contributed by atoms with Gasteiger partial charge in [0.25, 0.3) is 5.91 Å². The van der Waals surface area contributed by atoms with Gasteiger partial charge in [0, 0.05) is 5.56 Å². The minimum absolute atomic E-state index is 0.0606. The van der Waals surface area contributed by atoms with E-state index in [0.717, 1.165) is 0 Å². The number of carbonyl (C=O) groups excluding carboxylic acids is 2. The van der Waals surface area contributed by atoms with Crippen LogP contribution in [0.25, 0.3) is 10.8 Å². The molecule has 0 aliphatic carbocycles. The van der Waals surface area contributed by atoms with E-state index in [4.69, 9.17) is 14.6 Å². The van der Waals surface area contributed by atoms with Crippen molar-refractivity contribution in [2.45, 2.75) is 63.9 Å². The van der Waals surface area contributed by atoms with Crippen LogP contribution in [0.4, 0.5) is 0 Å². The van der Waals surface area contributed by atoms with Crippen LogP contribution in [0.3, 0.4) is 0 Å². The second kappa shape index (κ2) is 11.7. The van der Waals surface area contributed by atoms with Gasteiger partial charge in [-0.15, -0.1) is 0 Å². The lowest BCUT2D eigenvalue weighted by molar-refractivity contribution is -0.242. The van der Waals surface area contributed by atoms with Gasteiger partial charge in [-0.2, -0.15) is 0 Å². The number of hydrogen-bond acceptors (Lipinski definition) is 8. The summed E-state index contributed by atoms with van der Waals surface area (Å²) in [6.45, 7) is 4.93. The first-order chi connectivity index (χ1) is 17.0. The number of carboxylic acid groups (broad SMARTS) is 1. The van der Waals surface area contributed by atoms with Crippen molar-refractivity contribution in [2.75, 3.05) is 6.61 Å². The van der Waals surface area contributed by atoms with Gasteiger partial charge in [-0.05, 0) is 54.3 Å². The monoisotopic (exact) mass is 504 g/mol. The highest BCUT2D eigenvalue weighted by molar-refractivity contribution is 6.08. The molecule has 6 atom stereocenters. The van der Waals surface area contributed by atoms with E-state index in [-0.39, 0.29) is 12.5 Å². The number of aliphatic carboxylic acids is 1. The van der Waals surface area contributed by atoms with Crippen LogP contribution < -0.4 is 15.4 Å².